The van der Waals surface area contributed by atoms with Gasteiger partial charge in [-0.3, -0.25) is 9.69 Å². The lowest BCUT2D eigenvalue weighted by atomic mass is 10.1. The predicted octanol–water partition coefficient (Wildman–Crippen LogP) is 1.21. The molecule has 0 bridgehead atoms. The van der Waals surface area contributed by atoms with Crippen molar-refractivity contribution in [2.75, 3.05) is 59.2 Å². The molecule has 1 N–H and O–H groups in total. The Bertz CT molecular complexity index is 519. The number of nitrogens with one attached hydrogen (secondary N) is 1. The third-order valence-corrected chi connectivity index (χ3v) is 3.83. The van der Waals surface area contributed by atoms with E-state index >= 15 is 0 Å². The van der Waals surface area contributed by atoms with Crippen LogP contribution in [0.2, 0.25) is 0 Å². The number of hydrogen-bond acceptors (Lipinski definition) is 4. The van der Waals surface area contributed by atoms with Gasteiger partial charge in [0, 0.05) is 51.5 Å². The molecule has 0 radical (unpaired) electrons. The molecule has 0 aromatic heterocycles. The van der Waals surface area contributed by atoms with Crippen LogP contribution in [-0.2, 0) is 0 Å². The van der Waals surface area contributed by atoms with Gasteiger partial charge in [0.05, 0.1) is 6.54 Å². The summed E-state index contributed by atoms with van der Waals surface area (Å²) in [6.45, 7) is 4.32. The van der Waals surface area contributed by atoms with Crippen LogP contribution in [0.4, 0.5) is 10.5 Å². The Balaban J connectivity index is 1.89. The Kier molecular flexibility index (Phi) is 5.51. The van der Waals surface area contributed by atoms with Gasteiger partial charge in [0.25, 0.3) is 0 Å². The molecule has 120 valence electrons. The third kappa shape index (κ3) is 4.54. The smallest absolute Gasteiger partial charge is 0.321 e. The van der Waals surface area contributed by atoms with Gasteiger partial charge in [0.1, 0.15) is 0 Å². The second-order valence-electron chi connectivity index (χ2n) is 5.90. The lowest BCUT2D eigenvalue weighted by molar-refractivity contribution is 0.0876. The minimum Gasteiger partial charge on any atom is -0.331 e. The maximum absolute atomic E-state index is 12.3. The Morgan fingerprint density at radius 1 is 1.09 bits per heavy atom. The van der Waals surface area contributed by atoms with E-state index in [0.717, 1.165) is 26.2 Å². The first-order valence-electron chi connectivity index (χ1n) is 7.48. The Morgan fingerprint density at radius 2 is 1.68 bits per heavy atom. The summed E-state index contributed by atoms with van der Waals surface area (Å²) in [5.74, 6) is 0.120. The van der Waals surface area contributed by atoms with Crippen molar-refractivity contribution < 1.29 is 9.59 Å². The van der Waals surface area contributed by atoms with Gasteiger partial charge in [-0.1, -0.05) is 0 Å². The number of Topliss-reactive ketones (excluding diaryl/α,β-unsaturated/α-hetero) is 1. The van der Waals surface area contributed by atoms with Crippen LogP contribution >= 0.6 is 0 Å². The number of anilines is 1. The van der Waals surface area contributed by atoms with Crippen LogP contribution in [0.15, 0.2) is 24.3 Å². The Labute approximate surface area is 131 Å². The molecule has 1 aliphatic rings. The SMILES string of the molecule is CN1CCN(CC(=O)c2ccc(NC(=O)N(C)C)cc2)CC1. The molecule has 0 atom stereocenters. The van der Waals surface area contributed by atoms with E-state index in [1.165, 1.54) is 4.90 Å². The fourth-order valence-electron chi connectivity index (χ4n) is 2.28. The molecule has 2 rings (SSSR count). The zero-order chi connectivity index (χ0) is 16.1. The fraction of sp³-hybridized carbons (Fsp3) is 0.500. The maximum atomic E-state index is 12.3. The van der Waals surface area contributed by atoms with E-state index in [1.807, 2.05) is 0 Å². The van der Waals surface area contributed by atoms with Gasteiger partial charge in [0.15, 0.2) is 5.78 Å². The summed E-state index contributed by atoms with van der Waals surface area (Å²) in [5, 5.41) is 2.75. The zero-order valence-electron chi connectivity index (χ0n) is 13.5. The minimum atomic E-state index is -0.184. The first-order valence-corrected chi connectivity index (χ1v) is 7.48. The number of piperazine rings is 1. The van der Waals surface area contributed by atoms with E-state index in [1.54, 1.807) is 38.4 Å². The van der Waals surface area contributed by atoms with E-state index in [9.17, 15) is 9.59 Å². The molecule has 6 heteroatoms. The summed E-state index contributed by atoms with van der Waals surface area (Å²) in [6, 6.07) is 6.88. The summed E-state index contributed by atoms with van der Waals surface area (Å²) < 4.78 is 0. The quantitative estimate of drug-likeness (QED) is 0.850. The molecule has 1 aromatic carbocycles. The van der Waals surface area contributed by atoms with Gasteiger partial charge in [-0.15, -0.1) is 0 Å². The molecule has 0 spiro atoms. The third-order valence-electron chi connectivity index (χ3n) is 3.83. The van der Waals surface area contributed by atoms with Crippen molar-refractivity contribution >= 4 is 17.5 Å². The second-order valence-corrected chi connectivity index (χ2v) is 5.90. The number of hydrogen-bond donors (Lipinski definition) is 1. The van der Waals surface area contributed by atoms with Gasteiger partial charge in [-0.2, -0.15) is 0 Å². The molecule has 0 saturated carbocycles. The van der Waals surface area contributed by atoms with Crippen molar-refractivity contribution in [2.24, 2.45) is 0 Å². The molecule has 22 heavy (non-hydrogen) atoms. The van der Waals surface area contributed by atoms with Crippen LogP contribution in [0.3, 0.4) is 0 Å². The summed E-state index contributed by atoms with van der Waals surface area (Å²) in [6.07, 6.45) is 0. The number of nitrogens with zero attached hydrogens (tertiary/aromatic N) is 3. The Morgan fingerprint density at radius 3 is 2.23 bits per heavy atom. The predicted molar refractivity (Wildman–Crippen MR) is 87.4 cm³/mol. The highest BCUT2D eigenvalue weighted by Crippen LogP contribution is 2.11. The van der Waals surface area contributed by atoms with Gasteiger partial charge in [0.2, 0.25) is 0 Å². The van der Waals surface area contributed by atoms with Gasteiger partial charge >= 0.3 is 6.03 Å². The van der Waals surface area contributed by atoms with Crippen LogP contribution in [0.25, 0.3) is 0 Å². The van der Waals surface area contributed by atoms with E-state index in [2.05, 4.69) is 22.2 Å². The summed E-state index contributed by atoms with van der Waals surface area (Å²) >= 11 is 0. The fourth-order valence-corrected chi connectivity index (χ4v) is 2.28. The summed E-state index contributed by atoms with van der Waals surface area (Å²) in [4.78, 5) is 29.8. The second kappa shape index (κ2) is 7.38. The van der Waals surface area contributed by atoms with Crippen LogP contribution in [0.5, 0.6) is 0 Å². The summed E-state index contributed by atoms with van der Waals surface area (Å²) in [5.41, 5.74) is 1.37. The first kappa shape index (κ1) is 16.5. The van der Waals surface area contributed by atoms with Crippen molar-refractivity contribution in [1.82, 2.24) is 14.7 Å². The maximum Gasteiger partial charge on any atom is 0.321 e. The van der Waals surface area contributed by atoms with E-state index < -0.39 is 0 Å². The highest BCUT2D eigenvalue weighted by atomic mass is 16.2. The number of ketones is 1. The number of rotatable bonds is 4. The number of urea groups is 1. The van der Waals surface area contributed by atoms with Gasteiger partial charge in [-0.25, -0.2) is 4.79 Å². The van der Waals surface area contributed by atoms with Crippen LogP contribution in [-0.4, -0.2) is 80.4 Å². The van der Waals surface area contributed by atoms with Gasteiger partial charge < -0.3 is 15.1 Å². The van der Waals surface area contributed by atoms with Crippen molar-refractivity contribution in [3.63, 3.8) is 0 Å². The van der Waals surface area contributed by atoms with Crippen molar-refractivity contribution in [2.45, 2.75) is 0 Å². The lowest BCUT2D eigenvalue weighted by Crippen LogP contribution is -2.46. The van der Waals surface area contributed by atoms with E-state index in [4.69, 9.17) is 0 Å². The summed E-state index contributed by atoms with van der Waals surface area (Å²) in [7, 11) is 5.46. The highest BCUT2D eigenvalue weighted by Gasteiger charge is 2.17. The topological polar surface area (TPSA) is 55.9 Å². The largest absolute Gasteiger partial charge is 0.331 e. The van der Waals surface area contributed by atoms with Gasteiger partial charge in [-0.05, 0) is 31.3 Å². The molecule has 1 heterocycles. The molecule has 1 aliphatic heterocycles. The first-order chi connectivity index (χ1) is 10.5. The minimum absolute atomic E-state index is 0.120. The normalized spacial score (nSPS) is 16.3. The van der Waals surface area contributed by atoms with Crippen LogP contribution in [0, 0.1) is 0 Å². The van der Waals surface area contributed by atoms with E-state index in [-0.39, 0.29) is 11.8 Å². The van der Waals surface area contributed by atoms with Crippen molar-refractivity contribution in [1.29, 1.82) is 0 Å². The molecule has 0 aliphatic carbocycles. The average Bonchev–Trinajstić information content (AvgIpc) is 2.50. The zero-order valence-corrected chi connectivity index (χ0v) is 13.5. The standard InChI is InChI=1S/C16H24N4O2/c1-18(2)16(22)17-14-6-4-13(5-7-14)15(21)12-20-10-8-19(3)9-11-20/h4-7H,8-12H2,1-3H3,(H,17,22). The number of amides is 2. The average molecular weight is 304 g/mol. The molecule has 1 saturated heterocycles. The molecular weight excluding hydrogens is 280 g/mol. The highest BCUT2D eigenvalue weighted by molar-refractivity contribution is 5.98. The molecule has 0 unspecified atom stereocenters. The van der Waals surface area contributed by atoms with Crippen LogP contribution in [0.1, 0.15) is 10.4 Å². The molecule has 1 aromatic rings. The number of likely N-dealkylation sites (N-methyl/N-ethyl adjacent to an activating group) is 1. The van der Waals surface area contributed by atoms with Crippen molar-refractivity contribution in [3.05, 3.63) is 29.8 Å². The number of carbonyl (C=O) groups is 2. The number of carbonyl (C=O) groups excluding carboxylic acids is 2. The van der Waals surface area contributed by atoms with Crippen LogP contribution < -0.4 is 5.32 Å². The van der Waals surface area contributed by atoms with E-state index in [0.29, 0.717) is 17.8 Å². The molecule has 2 amide bonds. The lowest BCUT2D eigenvalue weighted by Gasteiger charge is -2.31. The monoisotopic (exact) mass is 304 g/mol. The van der Waals surface area contributed by atoms with Crippen molar-refractivity contribution in [3.8, 4) is 0 Å². The molecule has 6 nitrogen and oxygen atoms in total. The molecular formula is C16H24N4O2. The number of benzene rings is 1. The Hall–Kier alpha value is -1.92. The molecule has 1 fully saturated rings.